The van der Waals surface area contributed by atoms with Crippen LogP contribution in [0.5, 0.6) is 0 Å². The Hall–Kier alpha value is -0.490. The predicted molar refractivity (Wildman–Crippen MR) is 86.5 cm³/mol. The zero-order valence-corrected chi connectivity index (χ0v) is 13.6. The molecule has 116 valence electrons. The van der Waals surface area contributed by atoms with Crippen molar-refractivity contribution in [2.45, 2.75) is 57.3 Å². The van der Waals surface area contributed by atoms with Crippen molar-refractivity contribution in [1.82, 2.24) is 20.1 Å². The SMILES string of the molecule is c1sc(CNC2CC2)nc1CN1CCCN2CCCC2C1. The fraction of sp³-hybridized carbons (Fsp3) is 0.812. The van der Waals surface area contributed by atoms with E-state index in [1.54, 1.807) is 0 Å². The maximum absolute atomic E-state index is 4.82. The van der Waals surface area contributed by atoms with Crippen LogP contribution in [0.4, 0.5) is 0 Å². The Kier molecular flexibility index (Phi) is 4.25. The zero-order valence-electron chi connectivity index (χ0n) is 12.8. The zero-order chi connectivity index (χ0) is 14.1. The van der Waals surface area contributed by atoms with Crippen LogP contribution in [-0.2, 0) is 13.1 Å². The Labute approximate surface area is 131 Å². The maximum atomic E-state index is 4.82. The van der Waals surface area contributed by atoms with Crippen LogP contribution in [0.3, 0.4) is 0 Å². The summed E-state index contributed by atoms with van der Waals surface area (Å²) < 4.78 is 0. The molecule has 1 unspecified atom stereocenters. The van der Waals surface area contributed by atoms with Crippen LogP contribution in [0.2, 0.25) is 0 Å². The predicted octanol–water partition coefficient (Wildman–Crippen LogP) is 2.07. The van der Waals surface area contributed by atoms with Crippen molar-refractivity contribution in [3.05, 3.63) is 16.1 Å². The van der Waals surface area contributed by atoms with Gasteiger partial charge in [0.1, 0.15) is 5.01 Å². The number of thiazole rings is 1. The molecule has 0 aromatic carbocycles. The highest BCUT2D eigenvalue weighted by molar-refractivity contribution is 7.09. The minimum absolute atomic E-state index is 0.774. The highest BCUT2D eigenvalue weighted by Crippen LogP contribution is 2.23. The van der Waals surface area contributed by atoms with Gasteiger partial charge in [-0.05, 0) is 51.7 Å². The quantitative estimate of drug-likeness (QED) is 0.902. The van der Waals surface area contributed by atoms with E-state index in [1.807, 2.05) is 11.3 Å². The van der Waals surface area contributed by atoms with Gasteiger partial charge < -0.3 is 5.32 Å². The average Bonchev–Trinajstić information content (AvgIpc) is 3.11. The number of aromatic nitrogens is 1. The van der Waals surface area contributed by atoms with E-state index in [1.165, 1.54) is 69.0 Å². The van der Waals surface area contributed by atoms with Crippen molar-refractivity contribution < 1.29 is 0 Å². The molecule has 1 aromatic heterocycles. The standard InChI is InChI=1S/C16H26N4S/c1-3-15-11-19(6-2-8-20(15)7-1)10-14-12-21-16(18-14)9-17-13-4-5-13/h12-13,15,17H,1-11H2. The van der Waals surface area contributed by atoms with E-state index >= 15 is 0 Å². The third-order valence-corrected chi connectivity index (χ3v) is 5.89. The van der Waals surface area contributed by atoms with E-state index in [4.69, 9.17) is 4.98 Å². The van der Waals surface area contributed by atoms with E-state index in [0.29, 0.717) is 0 Å². The smallest absolute Gasteiger partial charge is 0.107 e. The summed E-state index contributed by atoms with van der Waals surface area (Å²) in [6.45, 7) is 7.12. The molecule has 3 aliphatic rings. The lowest BCUT2D eigenvalue weighted by atomic mass is 10.2. The van der Waals surface area contributed by atoms with Gasteiger partial charge in [-0.3, -0.25) is 9.80 Å². The van der Waals surface area contributed by atoms with Crippen molar-refractivity contribution in [2.24, 2.45) is 0 Å². The number of hydrogen-bond acceptors (Lipinski definition) is 5. The van der Waals surface area contributed by atoms with Gasteiger partial charge in [-0.1, -0.05) is 0 Å². The first-order chi connectivity index (χ1) is 10.4. The van der Waals surface area contributed by atoms with Gasteiger partial charge >= 0.3 is 0 Å². The van der Waals surface area contributed by atoms with Gasteiger partial charge in [0.05, 0.1) is 5.69 Å². The molecule has 5 heteroatoms. The summed E-state index contributed by atoms with van der Waals surface area (Å²) in [6, 6.07) is 1.58. The summed E-state index contributed by atoms with van der Waals surface area (Å²) in [7, 11) is 0. The number of fused-ring (bicyclic) bond motifs is 1. The van der Waals surface area contributed by atoms with Crippen LogP contribution in [0.15, 0.2) is 5.38 Å². The molecule has 2 saturated heterocycles. The lowest BCUT2D eigenvalue weighted by molar-refractivity contribution is 0.214. The summed E-state index contributed by atoms with van der Waals surface area (Å²) in [4.78, 5) is 10.1. The Bertz CT molecular complexity index is 471. The van der Waals surface area contributed by atoms with Crippen LogP contribution >= 0.6 is 11.3 Å². The molecule has 1 saturated carbocycles. The Morgan fingerprint density at radius 2 is 2.10 bits per heavy atom. The number of hydrogen-bond donors (Lipinski definition) is 1. The highest BCUT2D eigenvalue weighted by Gasteiger charge is 2.28. The van der Waals surface area contributed by atoms with Gasteiger partial charge in [0, 0.05) is 37.1 Å². The average molecular weight is 306 g/mol. The van der Waals surface area contributed by atoms with Gasteiger partial charge in [0.2, 0.25) is 0 Å². The van der Waals surface area contributed by atoms with Gasteiger partial charge in [-0.2, -0.15) is 0 Å². The Morgan fingerprint density at radius 1 is 1.19 bits per heavy atom. The first-order valence-corrected chi connectivity index (χ1v) is 9.38. The first-order valence-electron chi connectivity index (χ1n) is 8.50. The normalized spacial score (nSPS) is 27.7. The lowest BCUT2D eigenvalue weighted by Crippen LogP contribution is -2.36. The molecule has 21 heavy (non-hydrogen) atoms. The molecule has 4 rings (SSSR count). The molecule has 1 N–H and O–H groups in total. The maximum Gasteiger partial charge on any atom is 0.107 e. The molecule has 3 heterocycles. The van der Waals surface area contributed by atoms with E-state index in [9.17, 15) is 0 Å². The third kappa shape index (κ3) is 3.65. The second kappa shape index (κ2) is 6.32. The summed E-state index contributed by atoms with van der Waals surface area (Å²) >= 11 is 1.82. The summed E-state index contributed by atoms with van der Waals surface area (Å²) in [6.07, 6.45) is 6.81. The van der Waals surface area contributed by atoms with Crippen LogP contribution in [-0.4, -0.2) is 53.0 Å². The van der Waals surface area contributed by atoms with E-state index in [2.05, 4.69) is 20.5 Å². The highest BCUT2D eigenvalue weighted by atomic mass is 32.1. The van der Waals surface area contributed by atoms with Crippen LogP contribution in [0.1, 0.15) is 42.8 Å². The van der Waals surface area contributed by atoms with Crippen molar-refractivity contribution in [1.29, 1.82) is 0 Å². The van der Waals surface area contributed by atoms with E-state index in [-0.39, 0.29) is 0 Å². The fourth-order valence-corrected chi connectivity index (χ4v) is 4.41. The first kappa shape index (κ1) is 14.1. The number of rotatable bonds is 5. The molecular weight excluding hydrogens is 280 g/mol. The van der Waals surface area contributed by atoms with E-state index < -0.39 is 0 Å². The molecule has 0 radical (unpaired) electrons. The molecule has 0 amide bonds. The van der Waals surface area contributed by atoms with Gasteiger partial charge in [-0.15, -0.1) is 11.3 Å². The summed E-state index contributed by atoms with van der Waals surface area (Å²) in [5.41, 5.74) is 1.28. The van der Waals surface area contributed by atoms with Crippen LogP contribution < -0.4 is 5.32 Å². The minimum atomic E-state index is 0.774. The van der Waals surface area contributed by atoms with Crippen molar-refractivity contribution >= 4 is 11.3 Å². The molecule has 0 bridgehead atoms. The van der Waals surface area contributed by atoms with Crippen LogP contribution in [0, 0.1) is 0 Å². The Morgan fingerprint density at radius 3 is 3.00 bits per heavy atom. The largest absolute Gasteiger partial charge is 0.308 e. The van der Waals surface area contributed by atoms with Crippen molar-refractivity contribution in [3.8, 4) is 0 Å². The molecule has 2 aliphatic heterocycles. The van der Waals surface area contributed by atoms with E-state index in [0.717, 1.165) is 25.2 Å². The molecule has 4 nitrogen and oxygen atoms in total. The number of nitrogens with zero attached hydrogens (tertiary/aromatic N) is 3. The summed E-state index contributed by atoms with van der Waals surface area (Å²) in [5.74, 6) is 0. The number of nitrogens with one attached hydrogen (secondary N) is 1. The fourth-order valence-electron chi connectivity index (χ4n) is 3.68. The second-order valence-electron chi connectivity index (χ2n) is 6.81. The van der Waals surface area contributed by atoms with Crippen molar-refractivity contribution in [3.63, 3.8) is 0 Å². The van der Waals surface area contributed by atoms with Gasteiger partial charge in [0.25, 0.3) is 0 Å². The molecule has 1 atom stereocenters. The summed E-state index contributed by atoms with van der Waals surface area (Å²) in [5, 5.41) is 7.08. The third-order valence-electron chi connectivity index (χ3n) is 4.99. The monoisotopic (exact) mass is 306 g/mol. The molecule has 0 spiro atoms. The van der Waals surface area contributed by atoms with Gasteiger partial charge in [-0.25, -0.2) is 4.98 Å². The molecule has 1 aliphatic carbocycles. The molecule has 3 fully saturated rings. The Balaban J connectivity index is 1.31. The van der Waals surface area contributed by atoms with Gasteiger partial charge in [0.15, 0.2) is 0 Å². The topological polar surface area (TPSA) is 31.4 Å². The van der Waals surface area contributed by atoms with Crippen LogP contribution in [0.25, 0.3) is 0 Å². The van der Waals surface area contributed by atoms with Crippen molar-refractivity contribution in [2.75, 3.05) is 26.2 Å². The molecule has 1 aromatic rings. The minimum Gasteiger partial charge on any atom is -0.308 e. The second-order valence-corrected chi connectivity index (χ2v) is 7.75. The molecular formula is C16H26N4S. The lowest BCUT2D eigenvalue weighted by Gasteiger charge is -2.24.